The van der Waals surface area contributed by atoms with Crippen LogP contribution in [0, 0.1) is 6.92 Å². The maximum absolute atomic E-state index is 9.41. The summed E-state index contributed by atoms with van der Waals surface area (Å²) in [5.74, 6) is 0.155. The van der Waals surface area contributed by atoms with Crippen molar-refractivity contribution in [3.8, 4) is 5.75 Å². The Labute approximate surface area is 80.0 Å². The summed E-state index contributed by atoms with van der Waals surface area (Å²) in [6.07, 6.45) is -0.634. The number of aromatic hydroxyl groups is 1. The molecule has 0 aliphatic heterocycles. The number of aryl methyl sites for hydroxylation is 1. The highest BCUT2D eigenvalue weighted by Gasteiger charge is 2.09. The fraction of sp³-hybridized carbons (Fsp3) is 0.333. The molecule has 12 heavy (non-hydrogen) atoms. The summed E-state index contributed by atoms with van der Waals surface area (Å²) in [7, 11) is 0. The van der Waals surface area contributed by atoms with Crippen molar-refractivity contribution in [2.45, 2.75) is 13.0 Å². The first-order valence-corrected chi connectivity index (χ1v) is 4.81. The molecule has 3 heteroatoms. The van der Waals surface area contributed by atoms with E-state index in [2.05, 4.69) is 15.9 Å². The van der Waals surface area contributed by atoms with Crippen LogP contribution in [0.15, 0.2) is 18.2 Å². The number of aliphatic hydroxyl groups excluding tert-OH is 1. The second-order valence-electron chi connectivity index (χ2n) is 2.73. The summed E-state index contributed by atoms with van der Waals surface area (Å²) < 4.78 is 0. The van der Waals surface area contributed by atoms with Crippen molar-refractivity contribution in [2.75, 3.05) is 5.33 Å². The van der Waals surface area contributed by atoms with Crippen LogP contribution in [-0.2, 0) is 0 Å². The van der Waals surface area contributed by atoms with Gasteiger partial charge in [-0.1, -0.05) is 28.1 Å². The van der Waals surface area contributed by atoms with Crippen molar-refractivity contribution in [2.24, 2.45) is 0 Å². The highest BCUT2D eigenvalue weighted by atomic mass is 79.9. The first kappa shape index (κ1) is 9.55. The Morgan fingerprint density at radius 2 is 2.17 bits per heavy atom. The largest absolute Gasteiger partial charge is 0.508 e. The van der Waals surface area contributed by atoms with Crippen LogP contribution >= 0.6 is 15.9 Å². The third-order valence-electron chi connectivity index (χ3n) is 1.69. The first-order valence-electron chi connectivity index (χ1n) is 3.68. The predicted octanol–water partition coefficient (Wildman–Crippen LogP) is 2.13. The highest BCUT2D eigenvalue weighted by molar-refractivity contribution is 9.09. The topological polar surface area (TPSA) is 40.5 Å². The van der Waals surface area contributed by atoms with Crippen LogP contribution < -0.4 is 0 Å². The van der Waals surface area contributed by atoms with Crippen molar-refractivity contribution >= 4 is 15.9 Å². The van der Waals surface area contributed by atoms with Crippen molar-refractivity contribution in [3.63, 3.8) is 0 Å². The number of hydrogen-bond donors (Lipinski definition) is 2. The molecule has 1 atom stereocenters. The Balaban J connectivity index is 3.01. The van der Waals surface area contributed by atoms with E-state index in [0.717, 1.165) is 5.56 Å². The lowest BCUT2D eigenvalue weighted by Gasteiger charge is -2.09. The molecule has 66 valence electrons. The number of benzene rings is 1. The predicted molar refractivity (Wildman–Crippen MR) is 51.6 cm³/mol. The van der Waals surface area contributed by atoms with Crippen molar-refractivity contribution in [3.05, 3.63) is 29.3 Å². The summed E-state index contributed by atoms with van der Waals surface area (Å²) in [4.78, 5) is 0. The molecule has 1 rings (SSSR count). The van der Waals surface area contributed by atoms with E-state index < -0.39 is 6.10 Å². The van der Waals surface area contributed by atoms with Gasteiger partial charge in [-0.05, 0) is 18.6 Å². The minimum atomic E-state index is -0.634. The molecular weight excluding hydrogens is 220 g/mol. The highest BCUT2D eigenvalue weighted by Crippen LogP contribution is 2.25. The number of phenols is 1. The van der Waals surface area contributed by atoms with Gasteiger partial charge < -0.3 is 10.2 Å². The number of hydrogen-bond acceptors (Lipinski definition) is 2. The Kier molecular flexibility index (Phi) is 3.12. The van der Waals surface area contributed by atoms with E-state index in [9.17, 15) is 10.2 Å². The average molecular weight is 231 g/mol. The summed E-state index contributed by atoms with van der Waals surface area (Å²) in [5, 5.41) is 19.2. The van der Waals surface area contributed by atoms with Gasteiger partial charge in [0.15, 0.2) is 0 Å². The van der Waals surface area contributed by atoms with E-state index in [-0.39, 0.29) is 5.75 Å². The number of rotatable bonds is 2. The maximum atomic E-state index is 9.41. The van der Waals surface area contributed by atoms with Crippen molar-refractivity contribution in [1.82, 2.24) is 0 Å². The molecule has 0 saturated carbocycles. The smallest absolute Gasteiger partial charge is 0.121 e. The van der Waals surface area contributed by atoms with Gasteiger partial charge in [0.05, 0.1) is 6.10 Å². The molecule has 0 radical (unpaired) electrons. The Morgan fingerprint density at radius 1 is 1.50 bits per heavy atom. The summed E-state index contributed by atoms with van der Waals surface area (Å²) in [6, 6.07) is 5.23. The molecule has 0 fully saturated rings. The molecule has 2 nitrogen and oxygen atoms in total. The van der Waals surface area contributed by atoms with Crippen LogP contribution in [0.4, 0.5) is 0 Å². The monoisotopic (exact) mass is 230 g/mol. The van der Waals surface area contributed by atoms with Gasteiger partial charge in [-0.15, -0.1) is 0 Å². The molecule has 1 aromatic rings. The number of aliphatic hydroxyl groups is 1. The zero-order valence-corrected chi connectivity index (χ0v) is 8.37. The number of alkyl halides is 1. The van der Waals surface area contributed by atoms with Gasteiger partial charge in [-0.25, -0.2) is 0 Å². The zero-order valence-electron chi connectivity index (χ0n) is 6.79. The fourth-order valence-electron chi connectivity index (χ4n) is 1.02. The van der Waals surface area contributed by atoms with Crippen LogP contribution in [-0.4, -0.2) is 15.5 Å². The van der Waals surface area contributed by atoms with Crippen molar-refractivity contribution < 1.29 is 10.2 Å². The molecule has 2 N–H and O–H groups in total. The SMILES string of the molecule is Cc1ccc(C(O)CBr)c(O)c1. The quantitative estimate of drug-likeness (QED) is 0.765. The van der Waals surface area contributed by atoms with Gasteiger partial charge in [0.25, 0.3) is 0 Å². The number of halogens is 1. The molecule has 0 heterocycles. The summed E-state index contributed by atoms with van der Waals surface area (Å²) in [6.45, 7) is 1.89. The molecule has 0 spiro atoms. The molecular formula is C9H11BrO2. The Bertz CT molecular complexity index is 273. The van der Waals surface area contributed by atoms with E-state index in [1.54, 1.807) is 12.1 Å². The van der Waals surface area contributed by atoms with Gasteiger partial charge >= 0.3 is 0 Å². The molecule has 0 aliphatic rings. The molecule has 0 saturated heterocycles. The second-order valence-corrected chi connectivity index (χ2v) is 3.38. The minimum absolute atomic E-state index is 0.155. The molecule has 0 bridgehead atoms. The normalized spacial score (nSPS) is 12.9. The third kappa shape index (κ3) is 1.99. The van der Waals surface area contributed by atoms with Gasteiger partial charge in [-0.2, -0.15) is 0 Å². The molecule has 1 aromatic carbocycles. The van der Waals surface area contributed by atoms with Crippen molar-refractivity contribution in [1.29, 1.82) is 0 Å². The van der Waals surface area contributed by atoms with Crippen LogP contribution in [0.2, 0.25) is 0 Å². The van der Waals surface area contributed by atoms with Crippen LogP contribution in [0.3, 0.4) is 0 Å². The standard InChI is InChI=1S/C9H11BrO2/c1-6-2-3-7(8(11)4-6)9(12)5-10/h2-4,9,11-12H,5H2,1H3. The van der Waals surface area contributed by atoms with Crippen LogP contribution in [0.5, 0.6) is 5.75 Å². The van der Waals surface area contributed by atoms with E-state index >= 15 is 0 Å². The second kappa shape index (κ2) is 3.92. The molecule has 0 amide bonds. The maximum Gasteiger partial charge on any atom is 0.121 e. The lowest BCUT2D eigenvalue weighted by atomic mass is 10.1. The molecule has 0 aliphatic carbocycles. The zero-order chi connectivity index (χ0) is 9.14. The van der Waals surface area contributed by atoms with E-state index in [0.29, 0.717) is 10.9 Å². The van der Waals surface area contributed by atoms with E-state index in [1.807, 2.05) is 13.0 Å². The Hall–Kier alpha value is -0.540. The molecule has 1 unspecified atom stereocenters. The van der Waals surface area contributed by atoms with Gasteiger partial charge in [0.1, 0.15) is 5.75 Å². The minimum Gasteiger partial charge on any atom is -0.508 e. The summed E-state index contributed by atoms with van der Waals surface area (Å²) in [5.41, 5.74) is 1.55. The number of phenolic OH excluding ortho intramolecular Hbond substituents is 1. The van der Waals surface area contributed by atoms with Crippen LogP contribution in [0.1, 0.15) is 17.2 Å². The average Bonchev–Trinajstić information content (AvgIpc) is 2.03. The lowest BCUT2D eigenvalue weighted by Crippen LogP contribution is -1.98. The van der Waals surface area contributed by atoms with Gasteiger partial charge in [-0.3, -0.25) is 0 Å². The lowest BCUT2D eigenvalue weighted by molar-refractivity contribution is 0.201. The first-order chi connectivity index (χ1) is 5.65. The fourth-order valence-corrected chi connectivity index (χ4v) is 1.37. The Morgan fingerprint density at radius 3 is 2.67 bits per heavy atom. The van der Waals surface area contributed by atoms with Gasteiger partial charge in [0.2, 0.25) is 0 Å². The van der Waals surface area contributed by atoms with Crippen LogP contribution in [0.25, 0.3) is 0 Å². The summed E-state index contributed by atoms with van der Waals surface area (Å²) >= 11 is 3.14. The molecule has 0 aromatic heterocycles. The van der Waals surface area contributed by atoms with E-state index in [1.165, 1.54) is 0 Å². The van der Waals surface area contributed by atoms with Gasteiger partial charge in [0, 0.05) is 10.9 Å². The third-order valence-corrected chi connectivity index (χ3v) is 2.30. The van der Waals surface area contributed by atoms with E-state index in [4.69, 9.17) is 0 Å².